The van der Waals surface area contributed by atoms with Crippen LogP contribution in [0.1, 0.15) is 13.8 Å². The molecule has 0 aromatic heterocycles. The summed E-state index contributed by atoms with van der Waals surface area (Å²) in [7, 11) is 0. The molecule has 0 saturated heterocycles. The Kier molecular flexibility index (Phi) is 15.7. The summed E-state index contributed by atoms with van der Waals surface area (Å²) in [5.74, 6) is 0. The maximum absolute atomic E-state index is 5.03. The van der Waals surface area contributed by atoms with Crippen LogP contribution in [0.2, 0.25) is 0 Å². The van der Waals surface area contributed by atoms with Gasteiger partial charge >= 0.3 is 73.5 Å². The van der Waals surface area contributed by atoms with Gasteiger partial charge in [-0.15, -0.1) is 0 Å². The van der Waals surface area contributed by atoms with Gasteiger partial charge in [-0.25, -0.2) is 0 Å². The van der Waals surface area contributed by atoms with Gasteiger partial charge in [-0.1, -0.05) is 0 Å². The average Bonchev–Trinajstić information content (AvgIpc) is 1.69. The van der Waals surface area contributed by atoms with Crippen molar-refractivity contribution >= 4 is 8.30 Å². The van der Waals surface area contributed by atoms with Crippen molar-refractivity contribution < 1.29 is 38.7 Å². The first-order valence-corrected chi connectivity index (χ1v) is 4.96. The number of hydrogen-bond acceptors (Lipinski definition) is 0. The van der Waals surface area contributed by atoms with Crippen LogP contribution in [-0.2, 0) is 38.7 Å². The SMILES string of the molecule is C[C-]=[W].[CH-]=C[C](C)=[W]. The minimum absolute atomic E-state index is 1.24. The van der Waals surface area contributed by atoms with Crippen molar-refractivity contribution in [3.8, 4) is 0 Å². The van der Waals surface area contributed by atoms with E-state index in [1.807, 2.05) is 13.8 Å². The molecule has 8 heavy (non-hydrogen) atoms. The Morgan fingerprint density at radius 3 is 1.88 bits per heavy atom. The molecule has 0 bridgehead atoms. The molecule has 46 valence electrons. The number of rotatable bonds is 1. The van der Waals surface area contributed by atoms with Crippen LogP contribution in [0.25, 0.3) is 0 Å². The molecule has 0 fully saturated rings. The summed E-state index contributed by atoms with van der Waals surface area (Å²) >= 11 is 2.87. The zero-order valence-corrected chi connectivity index (χ0v) is 10.8. The topological polar surface area (TPSA) is 0 Å². The van der Waals surface area contributed by atoms with E-state index in [9.17, 15) is 0 Å². The van der Waals surface area contributed by atoms with Gasteiger partial charge in [0.15, 0.2) is 0 Å². The van der Waals surface area contributed by atoms with Gasteiger partial charge in [0.05, 0.1) is 0 Å². The molecule has 0 amide bonds. The Labute approximate surface area is 73.2 Å². The quantitative estimate of drug-likeness (QED) is 0.525. The summed E-state index contributed by atoms with van der Waals surface area (Å²) in [6.45, 7) is 8.94. The van der Waals surface area contributed by atoms with Gasteiger partial charge in [0.25, 0.3) is 0 Å². The van der Waals surface area contributed by atoms with E-state index in [1.54, 1.807) is 6.08 Å². The van der Waals surface area contributed by atoms with Crippen LogP contribution in [0, 0.1) is 6.58 Å². The predicted octanol–water partition coefficient (Wildman–Crippen LogP) is 0.947. The van der Waals surface area contributed by atoms with Crippen LogP contribution in [0.15, 0.2) is 6.08 Å². The van der Waals surface area contributed by atoms with Gasteiger partial charge < -0.3 is 0 Å². The Bertz CT molecular complexity index is 84.5. The van der Waals surface area contributed by atoms with Gasteiger partial charge in [-0.05, 0) is 0 Å². The summed E-state index contributed by atoms with van der Waals surface area (Å²) in [4.78, 5) is 0. The minimum atomic E-state index is 1.24. The molecular weight excluding hydrogens is 440 g/mol. The van der Waals surface area contributed by atoms with Crippen LogP contribution in [0.4, 0.5) is 0 Å². The molecule has 0 aliphatic carbocycles. The molecule has 0 aromatic carbocycles. The molecule has 0 aliphatic heterocycles. The molecule has 0 aliphatic rings. The van der Waals surface area contributed by atoms with E-state index < -0.39 is 0 Å². The van der Waals surface area contributed by atoms with E-state index in [1.165, 1.54) is 42.6 Å². The maximum atomic E-state index is 5.03. The fourth-order valence-corrected chi connectivity index (χ4v) is 0. The first-order chi connectivity index (χ1) is 3.68. The fraction of sp³-hybridized carbons (Fsp3) is 0.333. The zero-order chi connectivity index (χ0) is 6.99. The summed E-state index contributed by atoms with van der Waals surface area (Å²) in [6.07, 6.45) is 1.62. The van der Waals surface area contributed by atoms with Crippen molar-refractivity contribution in [3.05, 3.63) is 12.7 Å². The van der Waals surface area contributed by atoms with Gasteiger partial charge in [-0.3, -0.25) is 0 Å². The second-order valence-corrected chi connectivity index (χ2v) is 4.76. The molecule has 0 N–H and O–H groups in total. The van der Waals surface area contributed by atoms with Crippen molar-refractivity contribution in [2.75, 3.05) is 0 Å². The van der Waals surface area contributed by atoms with E-state index in [0.29, 0.717) is 0 Å². The molecule has 0 saturated carbocycles. The third kappa shape index (κ3) is 28.8. The Hall–Kier alpha value is 0.857. The Morgan fingerprint density at radius 2 is 1.88 bits per heavy atom. The van der Waals surface area contributed by atoms with Crippen LogP contribution in [0.5, 0.6) is 0 Å². The van der Waals surface area contributed by atoms with Crippen LogP contribution < -0.4 is 0 Å². The zero-order valence-electron chi connectivity index (χ0n) is 4.97. The van der Waals surface area contributed by atoms with Gasteiger partial charge in [0, 0.05) is 0 Å². The molecule has 0 aromatic rings. The first-order valence-electron chi connectivity index (χ1n) is 2.03. The van der Waals surface area contributed by atoms with Crippen molar-refractivity contribution in [3.63, 3.8) is 0 Å². The molecule has 0 rings (SSSR count). The molecule has 0 unspecified atom stereocenters. The summed E-state index contributed by atoms with van der Waals surface area (Å²) in [5, 5.41) is 0. The van der Waals surface area contributed by atoms with Gasteiger partial charge in [0.2, 0.25) is 0 Å². The number of allylic oxidation sites excluding steroid dienone is 1. The average molecular weight is 448 g/mol. The monoisotopic (exact) mass is 448 g/mol. The molecule has 2 heteroatoms. The molecule has 0 nitrogen and oxygen atoms in total. The van der Waals surface area contributed by atoms with Crippen molar-refractivity contribution in [1.29, 1.82) is 0 Å². The third-order valence-corrected chi connectivity index (χ3v) is 0.724. The predicted molar refractivity (Wildman–Crippen MR) is 30.2 cm³/mol. The molecular formula is C6H8W2-2. The van der Waals surface area contributed by atoms with Gasteiger partial charge in [0.1, 0.15) is 0 Å². The van der Waals surface area contributed by atoms with E-state index in [0.717, 1.165) is 0 Å². The van der Waals surface area contributed by atoms with Crippen LogP contribution in [-0.4, -0.2) is 8.30 Å². The molecule has 0 radical (unpaired) electrons. The van der Waals surface area contributed by atoms with E-state index in [2.05, 4.69) is 4.40 Å². The Morgan fingerprint density at radius 1 is 1.75 bits per heavy atom. The van der Waals surface area contributed by atoms with Crippen LogP contribution in [0.3, 0.4) is 0 Å². The summed E-state index contributed by atoms with van der Waals surface area (Å²) in [5.41, 5.74) is 0. The normalized spacial score (nSPS) is 5.75. The second-order valence-electron chi connectivity index (χ2n) is 0.981. The van der Waals surface area contributed by atoms with E-state index >= 15 is 0 Å². The van der Waals surface area contributed by atoms with Crippen molar-refractivity contribution in [2.24, 2.45) is 0 Å². The third-order valence-electron chi connectivity index (χ3n) is 0.235. The van der Waals surface area contributed by atoms with Gasteiger partial charge in [-0.2, -0.15) is 0 Å². The first kappa shape index (κ1) is 11.6. The summed E-state index contributed by atoms with van der Waals surface area (Å²) in [6, 6.07) is 0. The van der Waals surface area contributed by atoms with Crippen molar-refractivity contribution in [2.45, 2.75) is 13.8 Å². The van der Waals surface area contributed by atoms with E-state index in [4.69, 9.17) is 6.58 Å². The van der Waals surface area contributed by atoms with Crippen molar-refractivity contribution in [1.82, 2.24) is 0 Å². The molecule has 0 spiro atoms. The summed E-state index contributed by atoms with van der Waals surface area (Å²) < 4.78 is 4.07. The molecule has 0 atom stereocenters. The second kappa shape index (κ2) is 10.8. The Balaban J connectivity index is 0. The van der Waals surface area contributed by atoms with E-state index in [-0.39, 0.29) is 0 Å². The molecule has 0 heterocycles. The number of hydrogen-bond donors (Lipinski definition) is 0. The van der Waals surface area contributed by atoms with Crippen LogP contribution >= 0.6 is 0 Å². The fourth-order valence-electron chi connectivity index (χ4n) is 0. The standard InChI is InChI=1S/C4H5.C2H3.2W/c1-3-4-2;1-2;;/h1,3H,2H3;1H3;;/q2*-1;;.